The molecule has 2 nitrogen and oxygen atoms in total. The normalized spacial score (nSPS) is 12.1. The van der Waals surface area contributed by atoms with Crippen LogP contribution in [0.15, 0.2) is 24.3 Å². The average molecular weight is 217 g/mol. The monoisotopic (exact) mass is 217 g/mol. The summed E-state index contributed by atoms with van der Waals surface area (Å²) in [5, 5.41) is 8.66. The van der Waals surface area contributed by atoms with Crippen molar-refractivity contribution in [3.63, 3.8) is 0 Å². The van der Waals surface area contributed by atoms with Crippen molar-refractivity contribution in [3.8, 4) is 6.07 Å². The molecule has 0 heterocycles. The fourth-order valence-electron chi connectivity index (χ4n) is 1.63. The molecule has 0 bridgehead atoms. The largest absolute Gasteiger partial charge is 0.376 e. The average Bonchev–Trinajstić information content (AvgIpc) is 2.30. The van der Waals surface area contributed by atoms with Gasteiger partial charge in [0.1, 0.15) is 0 Å². The number of hydrogen-bond acceptors (Lipinski definition) is 2. The molecule has 0 aliphatic rings. The summed E-state index contributed by atoms with van der Waals surface area (Å²) >= 11 is 0. The van der Waals surface area contributed by atoms with Crippen LogP contribution in [-0.4, -0.2) is 6.61 Å². The van der Waals surface area contributed by atoms with Crippen LogP contribution in [0, 0.1) is 17.2 Å². The van der Waals surface area contributed by atoms with Gasteiger partial charge in [0.05, 0.1) is 18.2 Å². The van der Waals surface area contributed by atoms with Gasteiger partial charge in [0, 0.05) is 6.61 Å². The van der Waals surface area contributed by atoms with E-state index in [1.54, 1.807) is 0 Å². The van der Waals surface area contributed by atoms with E-state index in [9.17, 15) is 0 Å². The summed E-state index contributed by atoms with van der Waals surface area (Å²) in [6.07, 6.45) is 2.43. The minimum atomic E-state index is 0.628. The molecule has 0 aromatic heterocycles. The topological polar surface area (TPSA) is 33.0 Å². The highest BCUT2D eigenvalue weighted by Gasteiger charge is 2.01. The number of hydrogen-bond donors (Lipinski definition) is 0. The van der Waals surface area contributed by atoms with Gasteiger partial charge < -0.3 is 4.74 Å². The smallest absolute Gasteiger partial charge is 0.0991 e. The van der Waals surface area contributed by atoms with Gasteiger partial charge in [-0.25, -0.2) is 0 Å². The Bertz CT molecular complexity index is 337. The first-order chi connectivity index (χ1) is 7.76. The van der Waals surface area contributed by atoms with Crippen molar-refractivity contribution < 1.29 is 4.74 Å². The Morgan fingerprint density at radius 2 is 2.00 bits per heavy atom. The summed E-state index contributed by atoms with van der Waals surface area (Å²) in [5.41, 5.74) is 1.82. The lowest BCUT2D eigenvalue weighted by atomic mass is 10.1. The molecule has 2 heteroatoms. The molecule has 1 aromatic rings. The minimum Gasteiger partial charge on any atom is -0.376 e. The van der Waals surface area contributed by atoms with E-state index in [0.717, 1.165) is 12.2 Å². The van der Waals surface area contributed by atoms with Crippen molar-refractivity contribution in [2.75, 3.05) is 6.61 Å². The first-order valence-electron chi connectivity index (χ1n) is 5.83. The Balaban J connectivity index is 2.29. The molecule has 0 amide bonds. The van der Waals surface area contributed by atoms with Gasteiger partial charge in [0.25, 0.3) is 0 Å². The van der Waals surface area contributed by atoms with Crippen molar-refractivity contribution in [3.05, 3.63) is 35.4 Å². The SMILES string of the molecule is CCCC(C)COCc1ccc(C#N)cc1. The molecule has 0 spiro atoms. The van der Waals surface area contributed by atoms with Gasteiger partial charge >= 0.3 is 0 Å². The van der Waals surface area contributed by atoms with Crippen molar-refractivity contribution in [1.82, 2.24) is 0 Å². The first-order valence-corrected chi connectivity index (χ1v) is 5.83. The minimum absolute atomic E-state index is 0.628. The van der Waals surface area contributed by atoms with E-state index in [-0.39, 0.29) is 0 Å². The molecule has 0 fully saturated rings. The predicted octanol–water partition coefficient (Wildman–Crippen LogP) is 3.51. The third-order valence-electron chi connectivity index (χ3n) is 2.54. The Morgan fingerprint density at radius 3 is 2.56 bits per heavy atom. The van der Waals surface area contributed by atoms with Crippen molar-refractivity contribution >= 4 is 0 Å². The van der Waals surface area contributed by atoms with Gasteiger partial charge in [0.2, 0.25) is 0 Å². The van der Waals surface area contributed by atoms with Gasteiger partial charge in [-0.2, -0.15) is 5.26 Å². The molecular formula is C14H19NO. The molecule has 0 aliphatic heterocycles. The van der Waals surface area contributed by atoms with Crippen LogP contribution in [0.3, 0.4) is 0 Å². The maximum atomic E-state index is 8.66. The Kier molecular flexibility index (Phi) is 5.60. The zero-order valence-corrected chi connectivity index (χ0v) is 10.1. The van der Waals surface area contributed by atoms with Crippen LogP contribution in [0.4, 0.5) is 0 Å². The molecule has 1 aromatic carbocycles. The highest BCUT2D eigenvalue weighted by atomic mass is 16.5. The lowest BCUT2D eigenvalue weighted by Gasteiger charge is -2.10. The third-order valence-corrected chi connectivity index (χ3v) is 2.54. The molecule has 0 saturated heterocycles. The van der Waals surface area contributed by atoms with Crippen LogP contribution in [0.25, 0.3) is 0 Å². The van der Waals surface area contributed by atoms with Gasteiger partial charge in [-0.05, 0) is 30.0 Å². The summed E-state index contributed by atoms with van der Waals surface area (Å²) in [4.78, 5) is 0. The second-order valence-corrected chi connectivity index (χ2v) is 4.22. The van der Waals surface area contributed by atoms with E-state index >= 15 is 0 Å². The standard InChI is InChI=1S/C14H19NO/c1-3-4-12(2)10-16-11-14-7-5-13(9-15)6-8-14/h5-8,12H,3-4,10-11H2,1-2H3. The quantitative estimate of drug-likeness (QED) is 0.730. The Labute approximate surface area is 97.9 Å². The van der Waals surface area contributed by atoms with Crippen LogP contribution in [-0.2, 0) is 11.3 Å². The van der Waals surface area contributed by atoms with E-state index in [0.29, 0.717) is 18.1 Å². The number of nitriles is 1. The fourth-order valence-corrected chi connectivity index (χ4v) is 1.63. The molecule has 1 unspecified atom stereocenters. The zero-order chi connectivity index (χ0) is 11.8. The van der Waals surface area contributed by atoms with E-state index in [1.807, 2.05) is 24.3 Å². The molecule has 0 saturated carbocycles. The van der Waals surface area contributed by atoms with Gasteiger partial charge in [-0.15, -0.1) is 0 Å². The Morgan fingerprint density at radius 1 is 1.31 bits per heavy atom. The Hall–Kier alpha value is -1.33. The van der Waals surface area contributed by atoms with Crippen LogP contribution in [0.2, 0.25) is 0 Å². The third kappa shape index (κ3) is 4.46. The molecule has 1 atom stereocenters. The molecular weight excluding hydrogens is 198 g/mol. The highest BCUT2D eigenvalue weighted by Crippen LogP contribution is 2.08. The predicted molar refractivity (Wildman–Crippen MR) is 64.9 cm³/mol. The van der Waals surface area contributed by atoms with Crippen molar-refractivity contribution in [2.24, 2.45) is 5.92 Å². The van der Waals surface area contributed by atoms with Crippen molar-refractivity contribution in [2.45, 2.75) is 33.3 Å². The lowest BCUT2D eigenvalue weighted by Crippen LogP contribution is -2.05. The second kappa shape index (κ2) is 7.03. The molecule has 0 aliphatic carbocycles. The summed E-state index contributed by atoms with van der Waals surface area (Å²) in [5.74, 6) is 0.628. The van der Waals surface area contributed by atoms with Gasteiger partial charge in [-0.3, -0.25) is 0 Å². The second-order valence-electron chi connectivity index (χ2n) is 4.22. The zero-order valence-electron chi connectivity index (χ0n) is 10.1. The summed E-state index contributed by atoms with van der Waals surface area (Å²) in [7, 11) is 0. The van der Waals surface area contributed by atoms with Crippen LogP contribution < -0.4 is 0 Å². The van der Waals surface area contributed by atoms with E-state index in [2.05, 4.69) is 19.9 Å². The van der Waals surface area contributed by atoms with Crippen LogP contribution in [0.5, 0.6) is 0 Å². The van der Waals surface area contributed by atoms with E-state index in [4.69, 9.17) is 10.00 Å². The molecule has 0 N–H and O–H groups in total. The van der Waals surface area contributed by atoms with E-state index in [1.165, 1.54) is 12.8 Å². The van der Waals surface area contributed by atoms with Gasteiger partial charge in [0.15, 0.2) is 0 Å². The lowest BCUT2D eigenvalue weighted by molar-refractivity contribution is 0.0893. The van der Waals surface area contributed by atoms with Gasteiger partial charge in [-0.1, -0.05) is 32.4 Å². The number of benzene rings is 1. The van der Waals surface area contributed by atoms with E-state index < -0.39 is 0 Å². The molecule has 1 rings (SSSR count). The summed E-state index contributed by atoms with van der Waals surface area (Å²) < 4.78 is 5.62. The number of rotatable bonds is 6. The first kappa shape index (κ1) is 12.7. The maximum Gasteiger partial charge on any atom is 0.0991 e. The summed E-state index contributed by atoms with van der Waals surface area (Å²) in [6.45, 7) is 5.85. The number of nitrogens with zero attached hydrogens (tertiary/aromatic N) is 1. The highest BCUT2D eigenvalue weighted by molar-refractivity contribution is 5.31. The molecule has 0 radical (unpaired) electrons. The maximum absolute atomic E-state index is 8.66. The van der Waals surface area contributed by atoms with Crippen LogP contribution >= 0.6 is 0 Å². The number of ether oxygens (including phenoxy) is 1. The van der Waals surface area contributed by atoms with Crippen LogP contribution in [0.1, 0.15) is 37.8 Å². The molecule has 86 valence electrons. The fraction of sp³-hybridized carbons (Fsp3) is 0.500. The molecule has 16 heavy (non-hydrogen) atoms. The van der Waals surface area contributed by atoms with Crippen molar-refractivity contribution in [1.29, 1.82) is 5.26 Å². The summed E-state index contributed by atoms with van der Waals surface area (Å²) in [6, 6.07) is 9.65.